The van der Waals surface area contributed by atoms with Crippen LogP contribution in [0, 0.1) is 0 Å². The fourth-order valence-corrected chi connectivity index (χ4v) is 1.58. The van der Waals surface area contributed by atoms with Gasteiger partial charge in [-0.15, -0.1) is 0 Å². The summed E-state index contributed by atoms with van der Waals surface area (Å²) in [5.74, 6) is 0. The van der Waals surface area contributed by atoms with Gasteiger partial charge in [0.1, 0.15) is 0 Å². The highest BCUT2D eigenvalue weighted by Crippen LogP contribution is 2.20. The third kappa shape index (κ3) is 5.37. The minimum absolute atomic E-state index is 0.137. The highest BCUT2D eigenvalue weighted by Gasteiger charge is 2.31. The quantitative estimate of drug-likeness (QED) is 0.829. The van der Waals surface area contributed by atoms with E-state index in [4.69, 9.17) is 11.6 Å². The van der Waals surface area contributed by atoms with E-state index in [0.29, 0.717) is 10.7 Å². The largest absolute Gasteiger partial charge is 0.401 e. The number of aromatic nitrogens is 1. The van der Waals surface area contributed by atoms with E-state index < -0.39 is 12.7 Å². The zero-order chi connectivity index (χ0) is 13.1. The van der Waals surface area contributed by atoms with E-state index >= 15 is 0 Å². The van der Waals surface area contributed by atoms with E-state index in [2.05, 4.69) is 4.98 Å². The Hall–Kier alpha value is -0.810. The maximum absolute atomic E-state index is 12.4. The van der Waals surface area contributed by atoms with Gasteiger partial charge >= 0.3 is 6.18 Å². The van der Waals surface area contributed by atoms with Crippen LogP contribution in [0.5, 0.6) is 0 Å². The molecule has 1 aromatic rings. The standard InChI is InChI=1S/C11H14ClF3N2/c1-8(2)17(7-11(13,14)15)6-10-5-9(12)3-4-16-10/h3-5,8H,6-7H2,1-2H3. The van der Waals surface area contributed by atoms with Gasteiger partial charge in [0.2, 0.25) is 0 Å². The first-order valence-corrected chi connectivity index (χ1v) is 5.57. The van der Waals surface area contributed by atoms with Gasteiger partial charge in [-0.1, -0.05) is 11.6 Å². The number of nitrogens with zero attached hydrogens (tertiary/aromatic N) is 2. The minimum Gasteiger partial charge on any atom is -0.287 e. The van der Waals surface area contributed by atoms with Crippen LogP contribution in [0.3, 0.4) is 0 Å². The Balaban J connectivity index is 2.74. The SMILES string of the molecule is CC(C)N(Cc1cc(Cl)ccn1)CC(F)(F)F. The Labute approximate surface area is 103 Å². The van der Waals surface area contributed by atoms with Gasteiger partial charge in [-0.2, -0.15) is 13.2 Å². The summed E-state index contributed by atoms with van der Waals surface area (Å²) in [5, 5.41) is 0.478. The molecule has 1 rings (SSSR count). The molecule has 0 saturated carbocycles. The van der Waals surface area contributed by atoms with E-state index in [9.17, 15) is 13.2 Å². The molecule has 1 aromatic heterocycles. The second kappa shape index (κ2) is 5.69. The highest BCUT2D eigenvalue weighted by atomic mass is 35.5. The van der Waals surface area contributed by atoms with Crippen molar-refractivity contribution >= 4 is 11.6 Å². The predicted molar refractivity (Wildman–Crippen MR) is 60.8 cm³/mol. The summed E-state index contributed by atoms with van der Waals surface area (Å²) in [6.07, 6.45) is -2.72. The van der Waals surface area contributed by atoms with Gasteiger partial charge in [0.15, 0.2) is 0 Å². The van der Waals surface area contributed by atoms with Crippen molar-refractivity contribution in [1.29, 1.82) is 0 Å². The van der Waals surface area contributed by atoms with Gasteiger partial charge in [-0.25, -0.2) is 0 Å². The average molecular weight is 267 g/mol. The molecule has 0 atom stereocenters. The number of hydrogen-bond acceptors (Lipinski definition) is 2. The Morgan fingerprint density at radius 3 is 2.53 bits per heavy atom. The first-order chi connectivity index (χ1) is 7.78. The fraction of sp³-hybridized carbons (Fsp3) is 0.545. The predicted octanol–water partition coefficient (Wildman–Crippen LogP) is 3.51. The molecule has 0 bridgehead atoms. The molecule has 0 spiro atoms. The van der Waals surface area contributed by atoms with E-state index in [-0.39, 0.29) is 12.6 Å². The molecular formula is C11H14ClF3N2. The smallest absolute Gasteiger partial charge is 0.287 e. The van der Waals surface area contributed by atoms with Crippen molar-refractivity contribution in [3.8, 4) is 0 Å². The van der Waals surface area contributed by atoms with E-state index in [0.717, 1.165) is 0 Å². The first kappa shape index (κ1) is 14.3. The molecule has 0 saturated heterocycles. The fourth-order valence-electron chi connectivity index (χ4n) is 1.39. The molecule has 0 aromatic carbocycles. The van der Waals surface area contributed by atoms with Gasteiger partial charge in [0, 0.05) is 23.8 Å². The first-order valence-electron chi connectivity index (χ1n) is 5.19. The van der Waals surface area contributed by atoms with Crippen LogP contribution >= 0.6 is 11.6 Å². The lowest BCUT2D eigenvalue weighted by molar-refractivity contribution is -0.151. The summed E-state index contributed by atoms with van der Waals surface area (Å²) in [6, 6.07) is 2.96. The maximum atomic E-state index is 12.4. The molecule has 0 N–H and O–H groups in total. The summed E-state index contributed by atoms with van der Waals surface area (Å²) in [6.45, 7) is 2.63. The number of alkyl halides is 3. The minimum atomic E-state index is -4.21. The van der Waals surface area contributed by atoms with Crippen molar-refractivity contribution < 1.29 is 13.2 Å². The van der Waals surface area contributed by atoms with Crippen molar-refractivity contribution in [2.75, 3.05) is 6.54 Å². The van der Waals surface area contributed by atoms with Crippen molar-refractivity contribution in [1.82, 2.24) is 9.88 Å². The maximum Gasteiger partial charge on any atom is 0.401 e. The molecule has 1 heterocycles. The number of hydrogen-bond donors (Lipinski definition) is 0. The van der Waals surface area contributed by atoms with Crippen LogP contribution in [0.2, 0.25) is 5.02 Å². The number of halogens is 4. The van der Waals surface area contributed by atoms with Gasteiger partial charge in [0.25, 0.3) is 0 Å². The normalized spacial score (nSPS) is 12.5. The van der Waals surface area contributed by atoms with E-state index in [1.807, 2.05) is 0 Å². The Bertz CT molecular complexity index is 366. The monoisotopic (exact) mass is 266 g/mol. The average Bonchev–Trinajstić information content (AvgIpc) is 2.14. The lowest BCUT2D eigenvalue weighted by atomic mass is 10.2. The lowest BCUT2D eigenvalue weighted by Crippen LogP contribution is -2.38. The zero-order valence-corrected chi connectivity index (χ0v) is 10.4. The van der Waals surface area contributed by atoms with Crippen LogP contribution in [0.4, 0.5) is 13.2 Å². The third-order valence-electron chi connectivity index (χ3n) is 2.26. The molecule has 0 amide bonds. The summed E-state index contributed by atoms with van der Waals surface area (Å²) in [4.78, 5) is 5.30. The molecule has 0 aliphatic carbocycles. The molecule has 0 radical (unpaired) electrons. The van der Waals surface area contributed by atoms with Crippen molar-refractivity contribution in [3.63, 3.8) is 0 Å². The molecule has 0 aliphatic heterocycles. The molecular weight excluding hydrogens is 253 g/mol. The van der Waals surface area contributed by atoms with Crippen LogP contribution in [0.1, 0.15) is 19.5 Å². The van der Waals surface area contributed by atoms with Crippen LogP contribution in [0.15, 0.2) is 18.3 Å². The topological polar surface area (TPSA) is 16.1 Å². The number of pyridine rings is 1. The highest BCUT2D eigenvalue weighted by molar-refractivity contribution is 6.30. The lowest BCUT2D eigenvalue weighted by Gasteiger charge is -2.27. The van der Waals surface area contributed by atoms with Gasteiger partial charge in [-0.3, -0.25) is 9.88 Å². The van der Waals surface area contributed by atoms with Crippen molar-refractivity contribution in [2.24, 2.45) is 0 Å². The Morgan fingerprint density at radius 2 is 2.06 bits per heavy atom. The molecule has 96 valence electrons. The van der Waals surface area contributed by atoms with Crippen molar-refractivity contribution in [2.45, 2.75) is 32.6 Å². The van der Waals surface area contributed by atoms with Crippen molar-refractivity contribution in [3.05, 3.63) is 29.0 Å². The van der Waals surface area contributed by atoms with E-state index in [1.165, 1.54) is 11.1 Å². The summed E-state index contributed by atoms with van der Waals surface area (Å²) >= 11 is 5.76. The second-order valence-corrected chi connectivity index (χ2v) is 4.52. The van der Waals surface area contributed by atoms with Crippen LogP contribution < -0.4 is 0 Å². The van der Waals surface area contributed by atoms with Crippen LogP contribution in [-0.4, -0.2) is 28.6 Å². The molecule has 17 heavy (non-hydrogen) atoms. The van der Waals surface area contributed by atoms with Crippen LogP contribution in [-0.2, 0) is 6.54 Å². The summed E-state index contributed by atoms with van der Waals surface area (Å²) in [7, 11) is 0. The molecule has 0 fully saturated rings. The summed E-state index contributed by atoms with van der Waals surface area (Å²) < 4.78 is 37.1. The second-order valence-electron chi connectivity index (χ2n) is 4.08. The molecule has 6 heteroatoms. The zero-order valence-electron chi connectivity index (χ0n) is 9.63. The molecule has 0 aliphatic rings. The third-order valence-corrected chi connectivity index (χ3v) is 2.49. The Morgan fingerprint density at radius 1 is 1.41 bits per heavy atom. The van der Waals surface area contributed by atoms with Gasteiger partial charge < -0.3 is 0 Å². The molecule has 0 unspecified atom stereocenters. The Kier molecular flexibility index (Phi) is 4.77. The van der Waals surface area contributed by atoms with E-state index in [1.54, 1.807) is 26.0 Å². The summed E-state index contributed by atoms with van der Waals surface area (Å²) in [5.41, 5.74) is 0.537. The molecule has 2 nitrogen and oxygen atoms in total. The van der Waals surface area contributed by atoms with Gasteiger partial charge in [0.05, 0.1) is 12.2 Å². The van der Waals surface area contributed by atoms with Crippen LogP contribution in [0.25, 0.3) is 0 Å². The van der Waals surface area contributed by atoms with Gasteiger partial charge in [-0.05, 0) is 26.0 Å². The number of rotatable bonds is 4.